The average Bonchev–Trinajstić information content (AvgIpc) is 3.32. The first-order valence-corrected chi connectivity index (χ1v) is 22.4. The van der Waals surface area contributed by atoms with Crippen LogP contribution in [0.25, 0.3) is 98.0 Å². The second-order valence-corrected chi connectivity index (χ2v) is 18.3. The van der Waals surface area contributed by atoms with Crippen molar-refractivity contribution in [1.82, 2.24) is 0 Å². The van der Waals surface area contributed by atoms with Crippen LogP contribution in [0.15, 0.2) is 237 Å². The van der Waals surface area contributed by atoms with Crippen molar-refractivity contribution in [2.24, 2.45) is 0 Å². The second-order valence-electron chi connectivity index (χ2n) is 16.1. The zero-order valence-electron chi connectivity index (χ0n) is 33.5. The van der Waals surface area contributed by atoms with Gasteiger partial charge < -0.3 is 0 Å². The number of fused-ring (bicyclic) bond motifs is 6. The molecule has 12 aromatic rings. The Morgan fingerprint density at radius 3 is 0.607 bits per heavy atom. The summed E-state index contributed by atoms with van der Waals surface area (Å²) in [6.45, 7) is 0. The van der Waals surface area contributed by atoms with Gasteiger partial charge in [0.05, 0.1) is 0 Å². The van der Waals surface area contributed by atoms with Crippen LogP contribution in [0.4, 0.5) is 0 Å². The van der Waals surface area contributed by atoms with Crippen molar-refractivity contribution in [2.75, 3.05) is 0 Å². The molecule has 0 amide bonds. The third-order valence-electron chi connectivity index (χ3n) is 12.6. The highest BCUT2D eigenvalue weighted by atomic mass is 31.1. The molecule has 0 bridgehead atoms. The van der Waals surface area contributed by atoms with E-state index in [1.807, 2.05) is 0 Å². The summed E-state index contributed by atoms with van der Waals surface area (Å²) in [5.41, 5.74) is 7.60. The molecule has 0 unspecified atom stereocenters. The van der Waals surface area contributed by atoms with Gasteiger partial charge in [0.15, 0.2) is 0 Å². The summed E-state index contributed by atoms with van der Waals surface area (Å²) < 4.78 is 0. The minimum absolute atomic E-state index is 0.897. The Labute approximate surface area is 356 Å². The highest BCUT2D eigenvalue weighted by Gasteiger charge is 2.20. The summed E-state index contributed by atoms with van der Waals surface area (Å²) in [5, 5.41) is 19.3. The summed E-state index contributed by atoms with van der Waals surface area (Å²) in [5.74, 6) is 0. The molecule has 0 saturated heterocycles. The fourth-order valence-corrected chi connectivity index (χ4v) is 12.0. The molecular formula is C60H39P. The average molecular weight is 791 g/mol. The molecule has 61 heavy (non-hydrogen) atoms. The van der Waals surface area contributed by atoms with Crippen LogP contribution < -0.4 is 15.9 Å². The van der Waals surface area contributed by atoms with E-state index in [1.165, 1.54) is 114 Å². The van der Waals surface area contributed by atoms with Crippen molar-refractivity contribution < 1.29 is 0 Å². The lowest BCUT2D eigenvalue weighted by molar-refractivity contribution is 1.68. The van der Waals surface area contributed by atoms with E-state index in [1.54, 1.807) is 0 Å². The van der Waals surface area contributed by atoms with Crippen LogP contribution in [-0.2, 0) is 0 Å². The van der Waals surface area contributed by atoms with Gasteiger partial charge in [-0.3, -0.25) is 0 Å². The van der Waals surface area contributed by atoms with Crippen molar-refractivity contribution >= 4 is 88.5 Å². The Hall–Kier alpha value is -7.37. The fourth-order valence-electron chi connectivity index (χ4n) is 9.75. The van der Waals surface area contributed by atoms with Gasteiger partial charge in [0.25, 0.3) is 0 Å². The molecule has 0 radical (unpaired) electrons. The lowest BCUT2D eigenvalue weighted by Gasteiger charge is -2.22. The quantitative estimate of drug-likeness (QED) is 0.116. The van der Waals surface area contributed by atoms with Gasteiger partial charge in [0.2, 0.25) is 0 Å². The molecule has 0 atom stereocenters. The minimum Gasteiger partial charge on any atom is -0.0616 e. The van der Waals surface area contributed by atoms with Crippen LogP contribution in [0.2, 0.25) is 0 Å². The van der Waals surface area contributed by atoms with Crippen LogP contribution >= 0.6 is 7.92 Å². The van der Waals surface area contributed by atoms with E-state index in [4.69, 9.17) is 0 Å². The molecule has 0 aliphatic heterocycles. The van der Waals surface area contributed by atoms with Crippen LogP contribution in [-0.4, -0.2) is 0 Å². The van der Waals surface area contributed by atoms with Crippen LogP contribution in [0.3, 0.4) is 0 Å². The minimum atomic E-state index is -0.897. The first kappa shape index (κ1) is 35.6. The molecule has 284 valence electrons. The van der Waals surface area contributed by atoms with E-state index >= 15 is 0 Å². The van der Waals surface area contributed by atoms with Gasteiger partial charge in [-0.2, -0.15) is 0 Å². The third kappa shape index (κ3) is 6.11. The smallest absolute Gasteiger partial charge is 0.00268 e. The van der Waals surface area contributed by atoms with E-state index < -0.39 is 7.92 Å². The largest absolute Gasteiger partial charge is 0.0616 e. The van der Waals surface area contributed by atoms with Gasteiger partial charge in [-0.15, -0.1) is 0 Å². The molecule has 0 N–H and O–H groups in total. The van der Waals surface area contributed by atoms with Gasteiger partial charge in [0.1, 0.15) is 0 Å². The lowest BCUT2D eigenvalue weighted by Crippen LogP contribution is -2.20. The Bertz CT molecular complexity index is 3070. The van der Waals surface area contributed by atoms with Gasteiger partial charge in [-0.25, -0.2) is 0 Å². The van der Waals surface area contributed by atoms with E-state index in [9.17, 15) is 0 Å². The number of hydrogen-bond donors (Lipinski definition) is 0. The van der Waals surface area contributed by atoms with Crippen molar-refractivity contribution in [2.45, 2.75) is 0 Å². The maximum atomic E-state index is 2.38. The molecule has 0 fully saturated rings. The lowest BCUT2D eigenvalue weighted by atomic mass is 9.92. The highest BCUT2D eigenvalue weighted by molar-refractivity contribution is 7.79. The van der Waals surface area contributed by atoms with Crippen molar-refractivity contribution in [3.63, 3.8) is 0 Å². The van der Waals surface area contributed by atoms with Crippen LogP contribution in [0.5, 0.6) is 0 Å². The molecular weight excluding hydrogens is 752 g/mol. The van der Waals surface area contributed by atoms with E-state index in [-0.39, 0.29) is 0 Å². The molecule has 12 rings (SSSR count). The zero-order valence-corrected chi connectivity index (χ0v) is 34.4. The van der Waals surface area contributed by atoms with Crippen molar-refractivity contribution in [3.05, 3.63) is 237 Å². The van der Waals surface area contributed by atoms with Gasteiger partial charge in [0, 0.05) is 0 Å². The Kier molecular flexibility index (Phi) is 8.58. The number of rotatable bonds is 6. The summed E-state index contributed by atoms with van der Waals surface area (Å²) >= 11 is 0. The van der Waals surface area contributed by atoms with Gasteiger partial charge in [-0.05, 0) is 140 Å². The van der Waals surface area contributed by atoms with Gasteiger partial charge in [-0.1, -0.05) is 218 Å². The number of hydrogen-bond acceptors (Lipinski definition) is 0. The number of benzene rings is 12. The molecule has 0 saturated carbocycles. The first-order chi connectivity index (χ1) is 30.2. The molecule has 12 aromatic carbocycles. The van der Waals surface area contributed by atoms with Gasteiger partial charge >= 0.3 is 0 Å². The summed E-state index contributed by atoms with van der Waals surface area (Å²) in [6, 6.07) is 88.1. The maximum absolute atomic E-state index is 2.38. The van der Waals surface area contributed by atoms with Crippen LogP contribution in [0.1, 0.15) is 0 Å². The Morgan fingerprint density at radius 1 is 0.197 bits per heavy atom. The molecule has 0 aliphatic rings. The van der Waals surface area contributed by atoms with E-state index in [0.29, 0.717) is 0 Å². The van der Waals surface area contributed by atoms with Crippen LogP contribution in [0, 0.1) is 0 Å². The van der Waals surface area contributed by atoms with E-state index in [2.05, 4.69) is 237 Å². The third-order valence-corrected chi connectivity index (χ3v) is 15.0. The monoisotopic (exact) mass is 790 g/mol. The first-order valence-electron chi connectivity index (χ1n) is 21.1. The summed E-state index contributed by atoms with van der Waals surface area (Å²) in [7, 11) is -0.897. The predicted octanol–water partition coefficient (Wildman–Crippen LogP) is 15.4. The second kappa shape index (κ2) is 14.7. The molecule has 1 heteroatoms. The van der Waals surface area contributed by atoms with Crippen molar-refractivity contribution in [1.29, 1.82) is 0 Å². The molecule has 0 nitrogen and oxygen atoms in total. The molecule has 0 aromatic heterocycles. The van der Waals surface area contributed by atoms with Crippen molar-refractivity contribution in [3.8, 4) is 33.4 Å². The normalized spacial score (nSPS) is 11.8. The van der Waals surface area contributed by atoms with E-state index in [0.717, 1.165) is 0 Å². The highest BCUT2D eigenvalue weighted by Crippen LogP contribution is 2.42. The molecule has 0 heterocycles. The zero-order chi connectivity index (χ0) is 40.3. The summed E-state index contributed by atoms with van der Waals surface area (Å²) in [4.78, 5) is 0. The molecule has 0 spiro atoms. The standard InChI is InChI=1S/C60H39P/c1-7-19-52-43(13-1)37-44-14-2-8-20-53(44)58(52)40-25-31-49(32-26-40)61(50-33-27-41(28-34-50)59-54-21-9-3-15-45(54)38-46-16-4-10-22-55(46)59)51-35-29-42(30-36-51)60-56-23-11-5-17-47(56)39-48-18-6-12-24-57(48)60/h1-39H. The topological polar surface area (TPSA) is 0 Å². The Morgan fingerprint density at radius 2 is 0.393 bits per heavy atom. The predicted molar refractivity (Wildman–Crippen MR) is 266 cm³/mol. The molecule has 0 aliphatic carbocycles. The maximum Gasteiger partial charge on any atom is -0.00268 e. The SMILES string of the molecule is c1ccc2c(-c3ccc(P(c4ccc(-c5c6ccccc6cc6ccccc56)cc4)c4ccc(-c5c6ccccc6cc6ccccc56)cc4)cc3)c3ccccc3cc2c1. The fraction of sp³-hybridized carbons (Fsp3) is 0. The summed E-state index contributed by atoms with van der Waals surface area (Å²) in [6.07, 6.45) is 0. The Balaban J connectivity index is 1.01.